The summed E-state index contributed by atoms with van der Waals surface area (Å²) in [5.74, 6) is 0.973. The summed E-state index contributed by atoms with van der Waals surface area (Å²) in [5, 5.41) is 7.46. The summed E-state index contributed by atoms with van der Waals surface area (Å²) >= 11 is 0. The van der Waals surface area contributed by atoms with Gasteiger partial charge in [0.2, 0.25) is 0 Å². The first kappa shape index (κ1) is 12.1. The number of ether oxygens (including phenoxy) is 1. The Morgan fingerprint density at radius 2 is 2.33 bits per heavy atom. The second-order valence-corrected chi connectivity index (χ2v) is 3.43. The van der Waals surface area contributed by atoms with E-state index < -0.39 is 0 Å². The molecule has 1 rings (SSSR count). The van der Waals surface area contributed by atoms with Crippen LogP contribution in [0.5, 0.6) is 0 Å². The number of nitrogens with zero attached hydrogens (tertiary/aromatic N) is 3. The Morgan fingerprint density at radius 3 is 3.00 bits per heavy atom. The van der Waals surface area contributed by atoms with Gasteiger partial charge in [0, 0.05) is 19.2 Å². The fourth-order valence-corrected chi connectivity index (χ4v) is 1.31. The number of hydrogen-bond donors (Lipinski definition) is 1. The fourth-order valence-electron chi connectivity index (χ4n) is 1.31. The molecule has 5 heteroatoms. The van der Waals surface area contributed by atoms with Crippen LogP contribution in [-0.2, 0) is 17.8 Å². The smallest absolute Gasteiger partial charge is 0.140 e. The van der Waals surface area contributed by atoms with E-state index in [-0.39, 0.29) is 0 Å². The van der Waals surface area contributed by atoms with Crippen LogP contribution in [0.2, 0.25) is 0 Å². The molecule has 0 spiro atoms. The molecule has 0 aromatic carbocycles. The zero-order valence-corrected chi connectivity index (χ0v) is 9.73. The number of aromatic nitrogens is 3. The minimum atomic E-state index is 0.340. The zero-order valence-electron chi connectivity index (χ0n) is 9.73. The highest BCUT2D eigenvalue weighted by molar-refractivity contribution is 4.84. The lowest BCUT2D eigenvalue weighted by atomic mass is 10.3. The molecule has 0 radical (unpaired) electrons. The maximum atomic E-state index is 5.32. The number of nitrogens with one attached hydrogen (secondary N) is 1. The van der Waals surface area contributed by atoms with E-state index in [9.17, 15) is 0 Å². The fraction of sp³-hybridized carbons (Fsp3) is 0.800. The molecule has 1 aromatic heterocycles. The second kappa shape index (κ2) is 6.53. The quantitative estimate of drug-likeness (QED) is 0.727. The molecule has 0 saturated carbocycles. The molecule has 0 aliphatic rings. The first-order valence-corrected chi connectivity index (χ1v) is 5.45. The predicted molar refractivity (Wildman–Crippen MR) is 58.5 cm³/mol. The Bertz CT molecular complexity index is 274. The maximum Gasteiger partial charge on any atom is 0.140 e. The molecule has 0 bridgehead atoms. The van der Waals surface area contributed by atoms with Crippen LogP contribution in [0.15, 0.2) is 6.33 Å². The van der Waals surface area contributed by atoms with Crippen molar-refractivity contribution in [1.29, 1.82) is 0 Å². The summed E-state index contributed by atoms with van der Waals surface area (Å²) < 4.78 is 7.21. The van der Waals surface area contributed by atoms with Crippen LogP contribution in [0.4, 0.5) is 0 Å². The van der Waals surface area contributed by atoms with Gasteiger partial charge in [0.15, 0.2) is 0 Å². The van der Waals surface area contributed by atoms with Gasteiger partial charge in [-0.1, -0.05) is 0 Å². The van der Waals surface area contributed by atoms with Gasteiger partial charge in [-0.05, 0) is 20.8 Å². The van der Waals surface area contributed by atoms with E-state index in [0.717, 1.165) is 32.1 Å². The zero-order chi connectivity index (χ0) is 11.1. The van der Waals surface area contributed by atoms with Crippen LogP contribution >= 0.6 is 0 Å². The van der Waals surface area contributed by atoms with Crippen molar-refractivity contribution >= 4 is 0 Å². The average molecular weight is 212 g/mol. The standard InChI is InChI=1S/C10H20N4O/c1-4-14-10(12-8-13-14)6-11-9(3)7-15-5-2/h8-9,11H,4-7H2,1-3H3. The molecule has 86 valence electrons. The lowest BCUT2D eigenvalue weighted by molar-refractivity contribution is 0.126. The van der Waals surface area contributed by atoms with Crippen molar-refractivity contribution in [2.45, 2.75) is 39.9 Å². The van der Waals surface area contributed by atoms with E-state index in [0.29, 0.717) is 6.04 Å². The largest absolute Gasteiger partial charge is 0.380 e. The third-order valence-corrected chi connectivity index (χ3v) is 2.18. The van der Waals surface area contributed by atoms with E-state index >= 15 is 0 Å². The molecule has 5 nitrogen and oxygen atoms in total. The highest BCUT2D eigenvalue weighted by Gasteiger charge is 2.05. The summed E-state index contributed by atoms with van der Waals surface area (Å²) in [6.07, 6.45) is 1.59. The highest BCUT2D eigenvalue weighted by Crippen LogP contribution is 1.94. The van der Waals surface area contributed by atoms with Crippen LogP contribution in [-0.4, -0.2) is 34.0 Å². The van der Waals surface area contributed by atoms with Crippen molar-refractivity contribution in [2.75, 3.05) is 13.2 Å². The molecule has 1 atom stereocenters. The summed E-state index contributed by atoms with van der Waals surface area (Å²) in [4.78, 5) is 4.19. The van der Waals surface area contributed by atoms with Crippen molar-refractivity contribution in [2.24, 2.45) is 0 Å². The van der Waals surface area contributed by atoms with E-state index in [2.05, 4.69) is 29.2 Å². The average Bonchev–Trinajstić information content (AvgIpc) is 2.70. The van der Waals surface area contributed by atoms with Crippen LogP contribution in [0.1, 0.15) is 26.6 Å². The molecule has 1 N–H and O–H groups in total. The molecule has 15 heavy (non-hydrogen) atoms. The summed E-state index contributed by atoms with van der Waals surface area (Å²) in [6.45, 7) is 9.25. The topological polar surface area (TPSA) is 52.0 Å². The van der Waals surface area contributed by atoms with Crippen LogP contribution in [0.25, 0.3) is 0 Å². The van der Waals surface area contributed by atoms with Gasteiger partial charge in [0.1, 0.15) is 12.2 Å². The molecular weight excluding hydrogens is 192 g/mol. The van der Waals surface area contributed by atoms with Gasteiger partial charge in [-0.15, -0.1) is 0 Å². The minimum absolute atomic E-state index is 0.340. The van der Waals surface area contributed by atoms with Gasteiger partial charge >= 0.3 is 0 Å². The summed E-state index contributed by atoms with van der Waals surface area (Å²) in [5.41, 5.74) is 0. The molecule has 1 unspecified atom stereocenters. The van der Waals surface area contributed by atoms with Gasteiger partial charge < -0.3 is 10.1 Å². The van der Waals surface area contributed by atoms with Gasteiger partial charge in [-0.2, -0.15) is 5.10 Å². The normalized spacial score (nSPS) is 13.0. The van der Waals surface area contributed by atoms with Crippen molar-refractivity contribution in [1.82, 2.24) is 20.1 Å². The molecule has 0 saturated heterocycles. The first-order chi connectivity index (χ1) is 7.27. The molecule has 0 fully saturated rings. The van der Waals surface area contributed by atoms with Crippen molar-refractivity contribution in [3.8, 4) is 0 Å². The molecule has 1 heterocycles. The first-order valence-electron chi connectivity index (χ1n) is 5.45. The summed E-state index contributed by atoms with van der Waals surface area (Å²) in [6, 6.07) is 0.340. The maximum absolute atomic E-state index is 5.32. The number of rotatable bonds is 7. The Kier molecular flexibility index (Phi) is 5.28. The molecule has 0 amide bonds. The lowest BCUT2D eigenvalue weighted by Crippen LogP contribution is -2.31. The second-order valence-electron chi connectivity index (χ2n) is 3.43. The highest BCUT2D eigenvalue weighted by atomic mass is 16.5. The molecule has 0 aliphatic heterocycles. The van der Waals surface area contributed by atoms with Crippen molar-refractivity contribution < 1.29 is 4.74 Å². The van der Waals surface area contributed by atoms with Crippen LogP contribution in [0, 0.1) is 0 Å². The molecular formula is C10H20N4O. The van der Waals surface area contributed by atoms with Crippen LogP contribution < -0.4 is 5.32 Å². The molecule has 1 aromatic rings. The Balaban J connectivity index is 2.30. The molecule has 0 aliphatic carbocycles. The monoisotopic (exact) mass is 212 g/mol. The van der Waals surface area contributed by atoms with E-state index in [4.69, 9.17) is 4.74 Å². The summed E-state index contributed by atoms with van der Waals surface area (Å²) in [7, 11) is 0. The Labute approximate surface area is 90.8 Å². The van der Waals surface area contributed by atoms with Gasteiger partial charge in [-0.3, -0.25) is 0 Å². The van der Waals surface area contributed by atoms with Crippen molar-refractivity contribution in [3.05, 3.63) is 12.2 Å². The third kappa shape index (κ3) is 3.97. The Morgan fingerprint density at radius 1 is 1.53 bits per heavy atom. The van der Waals surface area contributed by atoms with E-state index in [1.807, 2.05) is 11.6 Å². The minimum Gasteiger partial charge on any atom is -0.380 e. The van der Waals surface area contributed by atoms with Gasteiger partial charge in [-0.25, -0.2) is 9.67 Å². The Hall–Kier alpha value is -0.940. The van der Waals surface area contributed by atoms with E-state index in [1.165, 1.54) is 0 Å². The number of hydrogen-bond acceptors (Lipinski definition) is 4. The lowest BCUT2D eigenvalue weighted by Gasteiger charge is -2.13. The predicted octanol–water partition coefficient (Wildman–Crippen LogP) is 0.813. The van der Waals surface area contributed by atoms with Gasteiger partial charge in [0.05, 0.1) is 13.2 Å². The third-order valence-electron chi connectivity index (χ3n) is 2.18. The SMILES string of the molecule is CCOCC(C)NCc1ncnn1CC. The van der Waals surface area contributed by atoms with Crippen LogP contribution in [0.3, 0.4) is 0 Å². The van der Waals surface area contributed by atoms with Crippen molar-refractivity contribution in [3.63, 3.8) is 0 Å². The van der Waals surface area contributed by atoms with E-state index in [1.54, 1.807) is 6.33 Å². The van der Waals surface area contributed by atoms with Gasteiger partial charge in [0.25, 0.3) is 0 Å². The number of aryl methyl sites for hydroxylation is 1.